The van der Waals surface area contributed by atoms with E-state index in [0.717, 1.165) is 11.8 Å². The van der Waals surface area contributed by atoms with Crippen LogP contribution in [0.4, 0.5) is 5.69 Å². The number of benzene rings is 1. The average molecular weight is 215 g/mol. The van der Waals surface area contributed by atoms with E-state index < -0.39 is 10.0 Å². The summed E-state index contributed by atoms with van der Waals surface area (Å²) in [7, 11) is -3.29. The van der Waals surface area contributed by atoms with Crippen molar-refractivity contribution >= 4 is 15.7 Å². The van der Waals surface area contributed by atoms with Crippen LogP contribution in [0.5, 0.6) is 5.75 Å². The SMILES string of the molecule is CCc1ccc(O)cc1NS(C)(=O)=O. The topological polar surface area (TPSA) is 66.4 Å². The van der Waals surface area contributed by atoms with Gasteiger partial charge in [0.15, 0.2) is 0 Å². The maximum Gasteiger partial charge on any atom is 0.229 e. The van der Waals surface area contributed by atoms with E-state index in [0.29, 0.717) is 12.1 Å². The molecule has 0 spiro atoms. The quantitative estimate of drug-likeness (QED) is 0.799. The number of hydrogen-bond acceptors (Lipinski definition) is 3. The zero-order valence-electron chi connectivity index (χ0n) is 8.11. The van der Waals surface area contributed by atoms with Crippen LogP contribution in [0.25, 0.3) is 0 Å². The van der Waals surface area contributed by atoms with Crippen molar-refractivity contribution in [2.75, 3.05) is 11.0 Å². The first kappa shape index (κ1) is 10.8. The Morgan fingerprint density at radius 1 is 1.43 bits per heavy atom. The van der Waals surface area contributed by atoms with Crippen LogP contribution in [-0.4, -0.2) is 19.8 Å². The van der Waals surface area contributed by atoms with Crippen molar-refractivity contribution in [1.29, 1.82) is 0 Å². The Hall–Kier alpha value is -1.23. The maximum atomic E-state index is 11.0. The van der Waals surface area contributed by atoms with E-state index in [4.69, 9.17) is 0 Å². The highest BCUT2D eigenvalue weighted by molar-refractivity contribution is 7.92. The highest BCUT2D eigenvalue weighted by atomic mass is 32.2. The minimum absolute atomic E-state index is 0.0494. The molecular formula is C9H13NO3S. The van der Waals surface area contributed by atoms with Gasteiger partial charge in [0.25, 0.3) is 0 Å². The molecule has 0 radical (unpaired) electrons. The normalized spacial score (nSPS) is 11.3. The molecule has 0 fully saturated rings. The van der Waals surface area contributed by atoms with Gasteiger partial charge in [-0.3, -0.25) is 4.72 Å². The number of hydrogen-bond donors (Lipinski definition) is 2. The summed E-state index contributed by atoms with van der Waals surface area (Å²) in [5, 5.41) is 9.20. The van der Waals surface area contributed by atoms with Gasteiger partial charge in [-0.05, 0) is 18.1 Å². The highest BCUT2D eigenvalue weighted by Crippen LogP contribution is 2.22. The molecule has 0 aliphatic heterocycles. The van der Waals surface area contributed by atoms with Crippen LogP contribution in [0.2, 0.25) is 0 Å². The Bertz CT molecular complexity index is 426. The van der Waals surface area contributed by atoms with E-state index in [1.165, 1.54) is 12.1 Å². The number of phenolic OH excluding ortho intramolecular Hbond substituents is 1. The first-order chi connectivity index (χ1) is 6.42. The molecular weight excluding hydrogens is 202 g/mol. The van der Waals surface area contributed by atoms with Crippen molar-refractivity contribution in [1.82, 2.24) is 0 Å². The summed E-state index contributed by atoms with van der Waals surface area (Å²) in [4.78, 5) is 0. The van der Waals surface area contributed by atoms with Crippen LogP contribution in [0.1, 0.15) is 12.5 Å². The molecule has 1 aromatic carbocycles. The lowest BCUT2D eigenvalue weighted by Crippen LogP contribution is -2.11. The van der Waals surface area contributed by atoms with Gasteiger partial charge < -0.3 is 5.11 Å². The summed E-state index contributed by atoms with van der Waals surface area (Å²) in [6.07, 6.45) is 1.79. The van der Waals surface area contributed by atoms with E-state index in [-0.39, 0.29) is 5.75 Å². The second-order valence-corrected chi connectivity index (χ2v) is 4.82. The van der Waals surface area contributed by atoms with Gasteiger partial charge in [-0.1, -0.05) is 13.0 Å². The number of sulfonamides is 1. The van der Waals surface area contributed by atoms with Crippen molar-refractivity contribution in [3.63, 3.8) is 0 Å². The highest BCUT2D eigenvalue weighted by Gasteiger charge is 2.06. The molecule has 0 heterocycles. The molecule has 1 rings (SSSR count). The molecule has 4 nitrogen and oxygen atoms in total. The minimum Gasteiger partial charge on any atom is -0.508 e. The van der Waals surface area contributed by atoms with Gasteiger partial charge in [0.2, 0.25) is 10.0 Å². The number of phenols is 1. The summed E-state index contributed by atoms with van der Waals surface area (Å²) in [6.45, 7) is 1.92. The van der Waals surface area contributed by atoms with Gasteiger partial charge in [-0.25, -0.2) is 8.42 Å². The first-order valence-electron chi connectivity index (χ1n) is 4.22. The van der Waals surface area contributed by atoms with Crippen molar-refractivity contribution in [3.8, 4) is 5.75 Å². The standard InChI is InChI=1S/C9H13NO3S/c1-3-7-4-5-8(11)6-9(7)10-14(2,12)13/h4-6,10-11H,3H2,1-2H3. The second-order valence-electron chi connectivity index (χ2n) is 3.07. The molecule has 0 unspecified atom stereocenters. The third-order valence-corrected chi connectivity index (χ3v) is 2.36. The Morgan fingerprint density at radius 2 is 2.07 bits per heavy atom. The van der Waals surface area contributed by atoms with Gasteiger partial charge in [0.05, 0.1) is 11.9 Å². The summed E-state index contributed by atoms with van der Waals surface area (Å²) in [5.74, 6) is 0.0494. The smallest absolute Gasteiger partial charge is 0.229 e. The lowest BCUT2D eigenvalue weighted by molar-refractivity contribution is 0.475. The van der Waals surface area contributed by atoms with Crippen LogP contribution < -0.4 is 4.72 Å². The van der Waals surface area contributed by atoms with Gasteiger partial charge >= 0.3 is 0 Å². The molecule has 0 amide bonds. The van der Waals surface area contributed by atoms with Gasteiger partial charge in [0, 0.05) is 6.07 Å². The molecule has 0 aromatic heterocycles. The van der Waals surface area contributed by atoms with Gasteiger partial charge in [-0.15, -0.1) is 0 Å². The predicted molar refractivity (Wildman–Crippen MR) is 56.0 cm³/mol. The van der Waals surface area contributed by atoms with E-state index in [2.05, 4.69) is 4.72 Å². The summed E-state index contributed by atoms with van der Waals surface area (Å²) in [6, 6.07) is 4.63. The van der Waals surface area contributed by atoms with Crippen molar-refractivity contribution < 1.29 is 13.5 Å². The minimum atomic E-state index is -3.29. The molecule has 0 aliphatic rings. The fourth-order valence-corrected chi connectivity index (χ4v) is 1.76. The lowest BCUT2D eigenvalue weighted by Gasteiger charge is -2.09. The Kier molecular flexibility index (Phi) is 3.00. The van der Waals surface area contributed by atoms with E-state index in [1.807, 2.05) is 6.92 Å². The van der Waals surface area contributed by atoms with Crippen LogP contribution >= 0.6 is 0 Å². The van der Waals surface area contributed by atoms with E-state index in [1.54, 1.807) is 6.07 Å². The lowest BCUT2D eigenvalue weighted by atomic mass is 10.1. The number of anilines is 1. The molecule has 5 heteroatoms. The average Bonchev–Trinajstić information content (AvgIpc) is 2.01. The van der Waals surface area contributed by atoms with Crippen LogP contribution in [0.15, 0.2) is 18.2 Å². The number of aryl methyl sites for hydroxylation is 1. The summed E-state index contributed by atoms with van der Waals surface area (Å²) in [5.41, 5.74) is 1.29. The fourth-order valence-electron chi connectivity index (χ4n) is 1.17. The molecule has 0 bridgehead atoms. The monoisotopic (exact) mass is 215 g/mol. The number of aromatic hydroxyl groups is 1. The molecule has 1 aromatic rings. The van der Waals surface area contributed by atoms with Crippen LogP contribution in [0, 0.1) is 0 Å². The first-order valence-corrected chi connectivity index (χ1v) is 6.11. The third-order valence-electron chi connectivity index (χ3n) is 1.77. The number of nitrogens with one attached hydrogen (secondary N) is 1. The molecule has 0 saturated carbocycles. The van der Waals surface area contributed by atoms with Crippen molar-refractivity contribution in [2.24, 2.45) is 0 Å². The number of rotatable bonds is 3. The zero-order valence-corrected chi connectivity index (χ0v) is 8.93. The predicted octanol–water partition coefficient (Wildman–Crippen LogP) is 1.33. The molecule has 0 aliphatic carbocycles. The van der Waals surface area contributed by atoms with Gasteiger partial charge in [-0.2, -0.15) is 0 Å². The Morgan fingerprint density at radius 3 is 2.57 bits per heavy atom. The second kappa shape index (κ2) is 3.88. The summed E-state index contributed by atoms with van der Waals surface area (Å²) >= 11 is 0. The van der Waals surface area contributed by atoms with Crippen LogP contribution in [0.3, 0.4) is 0 Å². The molecule has 14 heavy (non-hydrogen) atoms. The third kappa shape index (κ3) is 2.92. The Balaban J connectivity index is 3.11. The zero-order chi connectivity index (χ0) is 10.8. The van der Waals surface area contributed by atoms with Crippen molar-refractivity contribution in [2.45, 2.75) is 13.3 Å². The molecule has 78 valence electrons. The molecule has 2 N–H and O–H groups in total. The molecule has 0 atom stereocenters. The van der Waals surface area contributed by atoms with Crippen LogP contribution in [-0.2, 0) is 16.4 Å². The maximum absolute atomic E-state index is 11.0. The molecule has 0 saturated heterocycles. The van der Waals surface area contributed by atoms with Gasteiger partial charge in [0.1, 0.15) is 5.75 Å². The fraction of sp³-hybridized carbons (Fsp3) is 0.333. The van der Waals surface area contributed by atoms with Crippen molar-refractivity contribution in [3.05, 3.63) is 23.8 Å². The van der Waals surface area contributed by atoms with E-state index in [9.17, 15) is 13.5 Å². The Labute approximate surface area is 83.6 Å². The largest absolute Gasteiger partial charge is 0.508 e. The summed E-state index contributed by atoms with van der Waals surface area (Å²) < 4.78 is 24.3. The van der Waals surface area contributed by atoms with E-state index >= 15 is 0 Å².